The lowest BCUT2D eigenvalue weighted by Crippen LogP contribution is -2.42. The molecule has 2 N–H and O–H groups in total. The van der Waals surface area contributed by atoms with Crippen LogP contribution in [0, 0.1) is 0 Å². The van der Waals surface area contributed by atoms with Gasteiger partial charge < -0.3 is 19.7 Å². The van der Waals surface area contributed by atoms with Gasteiger partial charge in [-0.15, -0.1) is 0 Å². The van der Waals surface area contributed by atoms with Crippen LogP contribution in [0.2, 0.25) is 0 Å². The highest BCUT2D eigenvalue weighted by Gasteiger charge is 2.22. The molecular weight excluding hydrogens is 274 g/mol. The number of morpholine rings is 1. The summed E-state index contributed by atoms with van der Waals surface area (Å²) >= 11 is 0. The van der Waals surface area contributed by atoms with Gasteiger partial charge in [0.1, 0.15) is 0 Å². The summed E-state index contributed by atoms with van der Waals surface area (Å²) in [5.41, 5.74) is 1.02. The first kappa shape index (κ1) is 15.6. The van der Waals surface area contributed by atoms with Crippen molar-refractivity contribution in [3.8, 4) is 11.5 Å². The van der Waals surface area contributed by atoms with Crippen molar-refractivity contribution in [2.75, 3.05) is 26.3 Å². The predicted octanol–water partition coefficient (Wildman–Crippen LogP) is 1.47. The van der Waals surface area contributed by atoms with Crippen molar-refractivity contribution in [2.45, 2.75) is 26.0 Å². The smallest absolute Gasteiger partial charge is 0.306 e. The fourth-order valence-corrected chi connectivity index (χ4v) is 2.43. The summed E-state index contributed by atoms with van der Waals surface area (Å²) < 4.78 is 10.8. The van der Waals surface area contributed by atoms with Crippen LogP contribution in [-0.2, 0) is 16.1 Å². The quantitative estimate of drug-likeness (QED) is 0.827. The Labute approximate surface area is 123 Å². The SMILES string of the molecule is CCOc1cc(CN2CCOC(CC(=O)O)C2)ccc1O. The van der Waals surface area contributed by atoms with Gasteiger partial charge in [-0.1, -0.05) is 6.07 Å². The third-order valence-corrected chi connectivity index (χ3v) is 3.36. The molecule has 0 saturated carbocycles. The monoisotopic (exact) mass is 295 g/mol. The van der Waals surface area contributed by atoms with Crippen LogP contribution in [0.3, 0.4) is 0 Å². The number of phenols is 1. The zero-order valence-electron chi connectivity index (χ0n) is 12.1. The van der Waals surface area contributed by atoms with E-state index in [0.29, 0.717) is 32.1 Å². The zero-order chi connectivity index (χ0) is 15.2. The molecule has 1 aliphatic rings. The number of hydrogen-bond donors (Lipinski definition) is 2. The fraction of sp³-hybridized carbons (Fsp3) is 0.533. The molecular formula is C15H21NO5. The lowest BCUT2D eigenvalue weighted by molar-refractivity contribution is -0.142. The molecule has 0 aliphatic carbocycles. The zero-order valence-corrected chi connectivity index (χ0v) is 12.1. The lowest BCUT2D eigenvalue weighted by Gasteiger charge is -2.32. The molecule has 1 heterocycles. The number of carboxylic acids is 1. The van der Waals surface area contributed by atoms with Gasteiger partial charge in [0, 0.05) is 19.6 Å². The average Bonchev–Trinajstić information content (AvgIpc) is 2.42. The highest BCUT2D eigenvalue weighted by Crippen LogP contribution is 2.27. The molecule has 116 valence electrons. The van der Waals surface area contributed by atoms with Crippen LogP contribution in [0.1, 0.15) is 18.9 Å². The highest BCUT2D eigenvalue weighted by molar-refractivity contribution is 5.67. The molecule has 6 nitrogen and oxygen atoms in total. The molecule has 1 atom stereocenters. The Morgan fingerprint density at radius 2 is 2.33 bits per heavy atom. The van der Waals surface area contributed by atoms with Gasteiger partial charge in [-0.05, 0) is 24.6 Å². The fourth-order valence-electron chi connectivity index (χ4n) is 2.43. The van der Waals surface area contributed by atoms with Gasteiger partial charge in [-0.25, -0.2) is 0 Å². The van der Waals surface area contributed by atoms with Crippen LogP contribution < -0.4 is 4.74 Å². The van der Waals surface area contributed by atoms with E-state index in [1.54, 1.807) is 6.07 Å². The Balaban J connectivity index is 1.97. The van der Waals surface area contributed by atoms with E-state index in [1.165, 1.54) is 0 Å². The topological polar surface area (TPSA) is 79.2 Å². The second-order valence-electron chi connectivity index (χ2n) is 5.06. The maximum absolute atomic E-state index is 10.7. The molecule has 1 fully saturated rings. The molecule has 0 bridgehead atoms. The van der Waals surface area contributed by atoms with E-state index in [0.717, 1.165) is 12.1 Å². The number of benzene rings is 1. The van der Waals surface area contributed by atoms with Gasteiger partial charge in [-0.2, -0.15) is 0 Å². The number of phenolic OH excluding ortho intramolecular Hbond substituents is 1. The van der Waals surface area contributed by atoms with E-state index >= 15 is 0 Å². The summed E-state index contributed by atoms with van der Waals surface area (Å²) in [6.45, 7) is 4.94. The van der Waals surface area contributed by atoms with Crippen molar-refractivity contribution in [1.82, 2.24) is 4.90 Å². The van der Waals surface area contributed by atoms with E-state index in [1.807, 2.05) is 19.1 Å². The third-order valence-electron chi connectivity index (χ3n) is 3.36. The van der Waals surface area contributed by atoms with E-state index in [9.17, 15) is 9.90 Å². The maximum Gasteiger partial charge on any atom is 0.306 e. The molecule has 1 saturated heterocycles. The second kappa shape index (κ2) is 7.28. The van der Waals surface area contributed by atoms with Crippen molar-refractivity contribution >= 4 is 5.97 Å². The van der Waals surface area contributed by atoms with Gasteiger partial charge in [0.05, 0.1) is 25.7 Å². The first-order valence-electron chi connectivity index (χ1n) is 7.09. The normalized spacial score (nSPS) is 19.4. The summed E-state index contributed by atoms with van der Waals surface area (Å²) in [6, 6.07) is 5.29. The van der Waals surface area contributed by atoms with Crippen molar-refractivity contribution in [3.05, 3.63) is 23.8 Å². The van der Waals surface area contributed by atoms with Gasteiger partial charge in [-0.3, -0.25) is 9.69 Å². The van der Waals surface area contributed by atoms with Crippen molar-refractivity contribution in [3.63, 3.8) is 0 Å². The molecule has 2 rings (SSSR count). The van der Waals surface area contributed by atoms with Crippen molar-refractivity contribution in [1.29, 1.82) is 0 Å². The van der Waals surface area contributed by atoms with Crippen LogP contribution in [0.25, 0.3) is 0 Å². The largest absolute Gasteiger partial charge is 0.504 e. The molecule has 1 aromatic rings. The summed E-state index contributed by atoms with van der Waals surface area (Å²) in [6.07, 6.45) is -0.240. The Hall–Kier alpha value is -1.79. The summed E-state index contributed by atoms with van der Waals surface area (Å²) in [4.78, 5) is 12.9. The average molecular weight is 295 g/mol. The van der Waals surface area contributed by atoms with Gasteiger partial charge in [0.15, 0.2) is 11.5 Å². The number of aromatic hydroxyl groups is 1. The molecule has 0 aromatic heterocycles. The van der Waals surface area contributed by atoms with E-state index < -0.39 is 5.97 Å². The molecule has 0 spiro atoms. The molecule has 6 heteroatoms. The first-order chi connectivity index (χ1) is 10.1. The summed E-state index contributed by atoms with van der Waals surface area (Å²) in [5, 5.41) is 18.5. The second-order valence-corrected chi connectivity index (χ2v) is 5.06. The van der Waals surface area contributed by atoms with Crippen LogP contribution >= 0.6 is 0 Å². The number of aliphatic carboxylic acids is 1. The molecule has 1 aromatic carbocycles. The standard InChI is InChI=1S/C15H21NO5/c1-2-20-14-7-11(3-4-13(14)17)9-16-5-6-21-12(10-16)8-15(18)19/h3-4,7,12,17H,2,5-6,8-10H2,1H3,(H,18,19). The Morgan fingerprint density at radius 1 is 1.52 bits per heavy atom. The minimum Gasteiger partial charge on any atom is -0.504 e. The molecule has 0 radical (unpaired) electrons. The van der Waals surface area contributed by atoms with E-state index in [-0.39, 0.29) is 18.3 Å². The van der Waals surface area contributed by atoms with Crippen molar-refractivity contribution < 1.29 is 24.5 Å². The number of hydrogen-bond acceptors (Lipinski definition) is 5. The maximum atomic E-state index is 10.7. The molecule has 1 aliphatic heterocycles. The number of rotatable bonds is 6. The van der Waals surface area contributed by atoms with Crippen LogP contribution in [0.4, 0.5) is 0 Å². The number of carbonyl (C=O) groups is 1. The Morgan fingerprint density at radius 3 is 3.05 bits per heavy atom. The van der Waals surface area contributed by atoms with E-state index in [4.69, 9.17) is 14.6 Å². The Bertz CT molecular complexity index is 491. The third kappa shape index (κ3) is 4.61. The van der Waals surface area contributed by atoms with Gasteiger partial charge in [0.2, 0.25) is 0 Å². The van der Waals surface area contributed by atoms with Crippen molar-refractivity contribution in [2.24, 2.45) is 0 Å². The summed E-state index contributed by atoms with van der Waals surface area (Å²) in [7, 11) is 0. The first-order valence-corrected chi connectivity index (χ1v) is 7.09. The molecule has 0 amide bonds. The minimum absolute atomic E-state index is 0.0241. The number of ether oxygens (including phenoxy) is 2. The van der Waals surface area contributed by atoms with Crippen LogP contribution in [0.15, 0.2) is 18.2 Å². The summed E-state index contributed by atoms with van der Waals surface area (Å²) in [5.74, 6) is -0.234. The van der Waals surface area contributed by atoms with E-state index in [2.05, 4.69) is 4.90 Å². The Kier molecular flexibility index (Phi) is 5.41. The number of nitrogens with zero attached hydrogens (tertiary/aromatic N) is 1. The molecule has 21 heavy (non-hydrogen) atoms. The molecule has 1 unspecified atom stereocenters. The minimum atomic E-state index is -0.842. The highest BCUT2D eigenvalue weighted by atomic mass is 16.5. The van der Waals surface area contributed by atoms with Crippen LogP contribution in [-0.4, -0.2) is 53.5 Å². The van der Waals surface area contributed by atoms with Gasteiger partial charge in [0.25, 0.3) is 0 Å². The number of carboxylic acid groups (broad SMARTS) is 1. The lowest BCUT2D eigenvalue weighted by atomic mass is 10.1. The van der Waals surface area contributed by atoms with Gasteiger partial charge >= 0.3 is 5.97 Å². The van der Waals surface area contributed by atoms with Crippen LogP contribution in [0.5, 0.6) is 11.5 Å². The predicted molar refractivity (Wildman–Crippen MR) is 76.5 cm³/mol.